The van der Waals surface area contributed by atoms with Gasteiger partial charge in [0.15, 0.2) is 0 Å². The number of carbonyl (C=O) groups is 1. The van der Waals surface area contributed by atoms with Crippen molar-refractivity contribution in [3.8, 4) is 33.2 Å². The van der Waals surface area contributed by atoms with Gasteiger partial charge in [0.2, 0.25) is 0 Å². The van der Waals surface area contributed by atoms with Gasteiger partial charge in [0.05, 0.1) is 30.8 Å². The highest BCUT2D eigenvalue weighted by molar-refractivity contribution is 7.15. The predicted octanol–water partition coefficient (Wildman–Crippen LogP) is 5.61. The van der Waals surface area contributed by atoms with Gasteiger partial charge in [-0.25, -0.2) is 9.78 Å². The van der Waals surface area contributed by atoms with Crippen molar-refractivity contribution in [3.63, 3.8) is 0 Å². The molecule has 0 saturated carbocycles. The van der Waals surface area contributed by atoms with Crippen LogP contribution in [0, 0.1) is 0 Å². The number of urea groups is 1. The van der Waals surface area contributed by atoms with Crippen LogP contribution in [0.2, 0.25) is 0 Å². The van der Waals surface area contributed by atoms with Crippen LogP contribution in [0.1, 0.15) is 31.8 Å². The number of hydrogen-bond acceptors (Lipinski definition) is 5. The van der Waals surface area contributed by atoms with E-state index >= 15 is 0 Å². The summed E-state index contributed by atoms with van der Waals surface area (Å²) >= 11 is 1.60. The Balaban J connectivity index is 2.03. The van der Waals surface area contributed by atoms with Crippen molar-refractivity contribution < 1.29 is 14.3 Å². The lowest BCUT2D eigenvalue weighted by Gasteiger charge is -2.24. The lowest BCUT2D eigenvalue weighted by atomic mass is 10.1. The molecule has 7 heteroatoms. The number of thiazole rings is 1. The molecule has 2 aromatic carbocycles. The van der Waals surface area contributed by atoms with E-state index < -0.39 is 0 Å². The van der Waals surface area contributed by atoms with Crippen LogP contribution >= 0.6 is 11.3 Å². The first-order valence-corrected chi connectivity index (χ1v) is 11.0. The van der Waals surface area contributed by atoms with Crippen LogP contribution in [0.3, 0.4) is 0 Å². The third-order valence-corrected chi connectivity index (χ3v) is 6.30. The molecule has 3 aromatic rings. The summed E-state index contributed by atoms with van der Waals surface area (Å²) in [5.74, 6) is 1.60. The standard InChI is InChI=1S/C24H29N3O3S/c1-15(2)25-24(28)27(4)16(3)23-26-21(17-7-11-19(29-5)12-8-17)22(31-23)18-9-13-20(30-6)14-10-18/h7-16H,1-6H3,(H,25,28). The first-order valence-electron chi connectivity index (χ1n) is 10.2. The highest BCUT2D eigenvalue weighted by atomic mass is 32.1. The van der Waals surface area contributed by atoms with E-state index in [9.17, 15) is 4.79 Å². The first-order chi connectivity index (χ1) is 14.8. The molecule has 0 radical (unpaired) electrons. The number of ether oxygens (including phenoxy) is 2. The predicted molar refractivity (Wildman–Crippen MR) is 126 cm³/mol. The van der Waals surface area contributed by atoms with Gasteiger partial charge in [-0.15, -0.1) is 11.3 Å². The lowest BCUT2D eigenvalue weighted by molar-refractivity contribution is 0.192. The molecule has 2 amide bonds. The van der Waals surface area contributed by atoms with Crippen molar-refractivity contribution in [2.24, 2.45) is 0 Å². The molecular formula is C24H29N3O3S. The Hall–Kier alpha value is -3.06. The number of rotatable bonds is 7. The Labute approximate surface area is 187 Å². The van der Waals surface area contributed by atoms with Gasteiger partial charge in [0, 0.05) is 18.7 Å². The molecule has 0 aliphatic heterocycles. The lowest BCUT2D eigenvalue weighted by Crippen LogP contribution is -2.41. The van der Waals surface area contributed by atoms with Crippen LogP contribution in [-0.4, -0.2) is 43.2 Å². The maximum absolute atomic E-state index is 12.5. The van der Waals surface area contributed by atoms with Crippen LogP contribution in [0.15, 0.2) is 48.5 Å². The first kappa shape index (κ1) is 22.6. The second-order valence-corrected chi connectivity index (χ2v) is 8.61. The summed E-state index contributed by atoms with van der Waals surface area (Å²) in [6.07, 6.45) is 0. The molecule has 0 spiro atoms. The minimum Gasteiger partial charge on any atom is -0.497 e. The third kappa shape index (κ3) is 5.17. The van der Waals surface area contributed by atoms with Crippen LogP contribution in [-0.2, 0) is 0 Å². The van der Waals surface area contributed by atoms with Crippen molar-refractivity contribution in [1.82, 2.24) is 15.2 Å². The summed E-state index contributed by atoms with van der Waals surface area (Å²) in [6, 6.07) is 15.6. The summed E-state index contributed by atoms with van der Waals surface area (Å²) in [4.78, 5) is 20.2. The van der Waals surface area contributed by atoms with Gasteiger partial charge < -0.3 is 19.7 Å². The smallest absolute Gasteiger partial charge is 0.317 e. The van der Waals surface area contributed by atoms with E-state index in [-0.39, 0.29) is 18.1 Å². The Kier molecular flexibility index (Phi) is 7.17. The average Bonchev–Trinajstić information content (AvgIpc) is 3.23. The number of carbonyl (C=O) groups excluding carboxylic acids is 1. The zero-order valence-corrected chi connectivity index (χ0v) is 19.6. The van der Waals surface area contributed by atoms with Gasteiger partial charge in [0.1, 0.15) is 16.5 Å². The van der Waals surface area contributed by atoms with Crippen LogP contribution in [0.5, 0.6) is 11.5 Å². The van der Waals surface area contributed by atoms with Gasteiger partial charge in [-0.05, 0) is 74.9 Å². The molecule has 1 unspecified atom stereocenters. The highest BCUT2D eigenvalue weighted by Gasteiger charge is 2.24. The normalized spacial score (nSPS) is 11.8. The van der Waals surface area contributed by atoms with Gasteiger partial charge >= 0.3 is 6.03 Å². The third-order valence-electron chi connectivity index (χ3n) is 5.03. The molecule has 1 aromatic heterocycles. The van der Waals surface area contributed by atoms with Gasteiger partial charge in [-0.3, -0.25) is 0 Å². The van der Waals surface area contributed by atoms with E-state index in [1.54, 1.807) is 37.5 Å². The number of aromatic nitrogens is 1. The molecule has 6 nitrogen and oxygen atoms in total. The van der Waals surface area contributed by atoms with Crippen molar-refractivity contribution in [2.75, 3.05) is 21.3 Å². The molecule has 3 rings (SSSR count). The van der Waals surface area contributed by atoms with E-state index in [0.717, 1.165) is 38.2 Å². The van der Waals surface area contributed by atoms with E-state index in [1.165, 1.54) is 0 Å². The van der Waals surface area contributed by atoms with Crippen molar-refractivity contribution in [1.29, 1.82) is 0 Å². The molecule has 1 atom stereocenters. The fourth-order valence-electron chi connectivity index (χ4n) is 3.09. The fourth-order valence-corrected chi connectivity index (χ4v) is 4.28. The number of nitrogens with zero attached hydrogens (tertiary/aromatic N) is 2. The van der Waals surface area contributed by atoms with Gasteiger partial charge in [-0.1, -0.05) is 0 Å². The molecular weight excluding hydrogens is 410 g/mol. The molecule has 0 saturated heterocycles. The maximum Gasteiger partial charge on any atom is 0.317 e. The summed E-state index contributed by atoms with van der Waals surface area (Å²) < 4.78 is 10.6. The maximum atomic E-state index is 12.5. The Bertz CT molecular complexity index is 949. The number of hydrogen-bond donors (Lipinski definition) is 1. The van der Waals surface area contributed by atoms with Crippen molar-refractivity contribution in [2.45, 2.75) is 32.9 Å². The second kappa shape index (κ2) is 9.83. The molecule has 0 aliphatic carbocycles. The van der Waals surface area contributed by atoms with E-state index in [1.807, 2.05) is 69.3 Å². The van der Waals surface area contributed by atoms with Crippen molar-refractivity contribution >= 4 is 17.4 Å². The van der Waals surface area contributed by atoms with Crippen molar-refractivity contribution in [3.05, 3.63) is 53.5 Å². The molecule has 0 aliphatic rings. The summed E-state index contributed by atoms with van der Waals surface area (Å²) in [5, 5.41) is 3.81. The molecule has 1 heterocycles. The van der Waals surface area contributed by atoms with Gasteiger partial charge in [0.25, 0.3) is 0 Å². The van der Waals surface area contributed by atoms with Gasteiger partial charge in [-0.2, -0.15) is 0 Å². The molecule has 164 valence electrons. The van der Waals surface area contributed by atoms with Crippen LogP contribution in [0.25, 0.3) is 21.7 Å². The molecule has 1 N–H and O–H groups in total. The summed E-state index contributed by atoms with van der Waals surface area (Å²) in [7, 11) is 5.10. The van der Waals surface area contributed by atoms with Crippen LogP contribution in [0.4, 0.5) is 4.79 Å². The Morgan fingerprint density at radius 2 is 1.45 bits per heavy atom. The number of benzene rings is 2. The molecule has 0 fully saturated rings. The zero-order valence-electron chi connectivity index (χ0n) is 18.8. The van der Waals surface area contributed by atoms with Crippen LogP contribution < -0.4 is 14.8 Å². The highest BCUT2D eigenvalue weighted by Crippen LogP contribution is 2.40. The fraction of sp³-hybridized carbons (Fsp3) is 0.333. The van der Waals surface area contributed by atoms with E-state index in [0.29, 0.717) is 0 Å². The molecule has 0 bridgehead atoms. The summed E-state index contributed by atoms with van der Waals surface area (Å²) in [5.41, 5.74) is 2.93. The Morgan fingerprint density at radius 3 is 1.94 bits per heavy atom. The minimum absolute atomic E-state index is 0.0724. The number of methoxy groups -OCH3 is 2. The largest absolute Gasteiger partial charge is 0.497 e. The number of nitrogens with one attached hydrogen (secondary N) is 1. The average molecular weight is 440 g/mol. The zero-order chi connectivity index (χ0) is 22.5. The minimum atomic E-state index is -0.173. The number of amides is 2. The van der Waals surface area contributed by atoms with E-state index in [4.69, 9.17) is 14.5 Å². The molecule has 31 heavy (non-hydrogen) atoms. The SMILES string of the molecule is COc1ccc(-c2nc(C(C)N(C)C(=O)NC(C)C)sc2-c2ccc(OC)cc2)cc1. The Morgan fingerprint density at radius 1 is 0.935 bits per heavy atom. The quantitative estimate of drug-likeness (QED) is 0.520. The van der Waals surface area contributed by atoms with E-state index in [2.05, 4.69) is 5.32 Å². The summed E-state index contributed by atoms with van der Waals surface area (Å²) in [6.45, 7) is 5.89. The monoisotopic (exact) mass is 439 g/mol. The topological polar surface area (TPSA) is 63.7 Å². The second-order valence-electron chi connectivity index (χ2n) is 7.58.